The highest BCUT2D eigenvalue weighted by molar-refractivity contribution is 5.99. The van der Waals surface area contributed by atoms with Crippen molar-refractivity contribution in [3.05, 3.63) is 53.6 Å². The zero-order valence-electron chi connectivity index (χ0n) is 14.8. The molecule has 0 aliphatic carbocycles. The van der Waals surface area contributed by atoms with E-state index in [4.69, 9.17) is 19.5 Å². The van der Waals surface area contributed by atoms with Crippen LogP contribution in [-0.2, 0) is 4.79 Å². The maximum absolute atomic E-state index is 11.9. The minimum atomic E-state index is -0.433. The van der Waals surface area contributed by atoms with Gasteiger partial charge < -0.3 is 14.2 Å². The highest BCUT2D eigenvalue weighted by Crippen LogP contribution is 2.27. The van der Waals surface area contributed by atoms with Crippen molar-refractivity contribution in [3.8, 4) is 23.3 Å². The van der Waals surface area contributed by atoms with Crippen LogP contribution in [0.3, 0.4) is 0 Å². The summed E-state index contributed by atoms with van der Waals surface area (Å²) in [5, 5.41) is 13.1. The third-order valence-corrected chi connectivity index (χ3v) is 3.52. The van der Waals surface area contributed by atoms with Crippen LogP contribution in [0.15, 0.2) is 47.6 Å². The lowest BCUT2D eigenvalue weighted by molar-refractivity contribution is -0.123. The van der Waals surface area contributed by atoms with Crippen molar-refractivity contribution in [1.82, 2.24) is 5.43 Å². The second kappa shape index (κ2) is 9.08. The second-order valence-electron chi connectivity index (χ2n) is 5.20. The maximum Gasteiger partial charge on any atom is 0.277 e. The van der Waals surface area contributed by atoms with Gasteiger partial charge in [0.05, 0.1) is 25.5 Å². The van der Waals surface area contributed by atoms with Crippen LogP contribution in [-0.4, -0.2) is 32.4 Å². The molecule has 7 nitrogen and oxygen atoms in total. The molecule has 0 spiro atoms. The minimum Gasteiger partial charge on any atom is -0.493 e. The van der Waals surface area contributed by atoms with Crippen LogP contribution >= 0.6 is 0 Å². The van der Waals surface area contributed by atoms with E-state index in [1.807, 2.05) is 12.1 Å². The molecule has 0 aromatic heterocycles. The molecule has 26 heavy (non-hydrogen) atoms. The number of rotatable bonds is 7. The van der Waals surface area contributed by atoms with Crippen LogP contribution in [0.25, 0.3) is 0 Å². The lowest BCUT2D eigenvalue weighted by atomic mass is 10.1. The van der Waals surface area contributed by atoms with Crippen molar-refractivity contribution < 1.29 is 19.0 Å². The number of nitriles is 1. The average Bonchev–Trinajstić information content (AvgIpc) is 2.69. The first kappa shape index (κ1) is 18.8. The number of para-hydroxylation sites is 1. The fraction of sp³-hybridized carbons (Fsp3) is 0.211. The summed E-state index contributed by atoms with van der Waals surface area (Å²) in [5.41, 5.74) is 4.16. The number of hydrazone groups is 1. The lowest BCUT2D eigenvalue weighted by Crippen LogP contribution is -2.25. The molecule has 0 bridgehead atoms. The fourth-order valence-electron chi connectivity index (χ4n) is 2.13. The molecule has 0 aliphatic rings. The second-order valence-corrected chi connectivity index (χ2v) is 5.20. The first-order valence-electron chi connectivity index (χ1n) is 7.76. The molecule has 134 valence electrons. The molecular formula is C19H19N3O4. The summed E-state index contributed by atoms with van der Waals surface area (Å²) >= 11 is 0. The molecular weight excluding hydrogens is 334 g/mol. The van der Waals surface area contributed by atoms with Crippen LogP contribution < -0.4 is 19.6 Å². The summed E-state index contributed by atoms with van der Waals surface area (Å²) in [6.07, 6.45) is 0. The molecule has 0 radical (unpaired) electrons. The number of nitrogens with zero attached hydrogens (tertiary/aromatic N) is 2. The quantitative estimate of drug-likeness (QED) is 0.610. The fourth-order valence-corrected chi connectivity index (χ4v) is 2.13. The van der Waals surface area contributed by atoms with Gasteiger partial charge in [-0.25, -0.2) is 5.43 Å². The predicted octanol–water partition coefficient (Wildman–Crippen LogP) is 2.49. The Labute approximate surface area is 151 Å². The van der Waals surface area contributed by atoms with Gasteiger partial charge in [-0.15, -0.1) is 0 Å². The van der Waals surface area contributed by atoms with Gasteiger partial charge in [0.2, 0.25) is 0 Å². The summed E-state index contributed by atoms with van der Waals surface area (Å²) < 4.78 is 15.8. The Morgan fingerprint density at radius 1 is 1.12 bits per heavy atom. The van der Waals surface area contributed by atoms with E-state index in [1.54, 1.807) is 57.5 Å². The summed E-state index contributed by atoms with van der Waals surface area (Å²) in [5.74, 6) is 1.10. The Morgan fingerprint density at radius 3 is 2.54 bits per heavy atom. The van der Waals surface area contributed by atoms with Gasteiger partial charge in [0.1, 0.15) is 11.8 Å². The third-order valence-electron chi connectivity index (χ3n) is 3.52. The van der Waals surface area contributed by atoms with Crippen molar-refractivity contribution in [3.63, 3.8) is 0 Å². The van der Waals surface area contributed by atoms with Crippen LogP contribution in [0.2, 0.25) is 0 Å². The molecule has 1 N–H and O–H groups in total. The van der Waals surface area contributed by atoms with E-state index in [0.717, 1.165) is 5.56 Å². The summed E-state index contributed by atoms with van der Waals surface area (Å²) in [6.45, 7) is 1.51. The molecule has 0 unspecified atom stereocenters. The standard InChI is InChI=1S/C19H19N3O4/c1-13(14-8-9-17(24-2)18(10-14)25-3)21-22-19(23)12-26-16-7-5-4-6-15(16)11-20/h4-10H,12H2,1-3H3,(H,22,23)/b21-13-. The molecule has 1 amide bonds. The molecule has 2 rings (SSSR count). The largest absolute Gasteiger partial charge is 0.493 e. The van der Waals surface area contributed by atoms with Gasteiger partial charge in [-0.3, -0.25) is 4.79 Å². The Balaban J connectivity index is 1.98. The molecule has 0 saturated carbocycles. The monoisotopic (exact) mass is 353 g/mol. The van der Waals surface area contributed by atoms with Crippen LogP contribution in [0.1, 0.15) is 18.1 Å². The zero-order chi connectivity index (χ0) is 18.9. The molecule has 2 aromatic rings. The number of hydrogen-bond donors (Lipinski definition) is 1. The molecule has 0 heterocycles. The van der Waals surface area contributed by atoms with Crippen molar-refractivity contribution in [2.24, 2.45) is 5.10 Å². The number of benzene rings is 2. The van der Waals surface area contributed by atoms with Crippen molar-refractivity contribution in [2.45, 2.75) is 6.92 Å². The van der Waals surface area contributed by atoms with Crippen molar-refractivity contribution in [2.75, 3.05) is 20.8 Å². The number of carbonyl (C=O) groups excluding carboxylic acids is 1. The van der Waals surface area contributed by atoms with Gasteiger partial charge in [0.25, 0.3) is 5.91 Å². The van der Waals surface area contributed by atoms with Crippen LogP contribution in [0, 0.1) is 11.3 Å². The number of methoxy groups -OCH3 is 2. The van der Waals surface area contributed by atoms with Gasteiger partial charge in [-0.1, -0.05) is 12.1 Å². The smallest absolute Gasteiger partial charge is 0.277 e. The van der Waals surface area contributed by atoms with E-state index in [9.17, 15) is 4.79 Å². The Bertz CT molecular complexity index is 856. The maximum atomic E-state index is 11.9. The number of nitrogens with one attached hydrogen (secondary N) is 1. The van der Waals surface area contributed by atoms with Gasteiger partial charge >= 0.3 is 0 Å². The Morgan fingerprint density at radius 2 is 1.85 bits per heavy atom. The minimum absolute atomic E-state index is 0.249. The summed E-state index contributed by atoms with van der Waals surface area (Å²) in [4.78, 5) is 11.9. The van der Waals surface area contributed by atoms with Crippen molar-refractivity contribution in [1.29, 1.82) is 5.26 Å². The molecule has 7 heteroatoms. The number of carbonyl (C=O) groups is 1. The summed E-state index contributed by atoms with van der Waals surface area (Å²) in [6, 6.07) is 14.0. The normalized spacial score (nSPS) is 10.6. The van der Waals surface area contributed by atoms with Crippen molar-refractivity contribution >= 4 is 11.6 Å². The van der Waals surface area contributed by atoms with E-state index < -0.39 is 5.91 Å². The number of amides is 1. The van der Waals surface area contributed by atoms with Gasteiger partial charge in [-0.2, -0.15) is 10.4 Å². The third kappa shape index (κ3) is 4.74. The Kier molecular flexibility index (Phi) is 6.57. The SMILES string of the molecule is COc1ccc(/C(C)=N\NC(=O)COc2ccccc2C#N)cc1OC. The van der Waals surface area contributed by atoms with Gasteiger partial charge in [0.15, 0.2) is 18.1 Å². The topological polar surface area (TPSA) is 92.9 Å². The average molecular weight is 353 g/mol. The number of hydrogen-bond acceptors (Lipinski definition) is 6. The van der Waals surface area contributed by atoms with Crippen LogP contribution in [0.5, 0.6) is 17.2 Å². The number of ether oxygens (including phenoxy) is 3. The van der Waals surface area contributed by atoms with Crippen LogP contribution in [0.4, 0.5) is 0 Å². The first-order chi connectivity index (χ1) is 12.6. The highest BCUT2D eigenvalue weighted by Gasteiger charge is 2.08. The molecule has 2 aromatic carbocycles. The van der Waals surface area contributed by atoms with E-state index in [2.05, 4.69) is 10.5 Å². The zero-order valence-corrected chi connectivity index (χ0v) is 14.8. The summed E-state index contributed by atoms with van der Waals surface area (Å²) in [7, 11) is 3.11. The van der Waals surface area contributed by atoms with Gasteiger partial charge in [0, 0.05) is 5.56 Å². The van der Waals surface area contributed by atoms with Gasteiger partial charge in [-0.05, 0) is 37.3 Å². The Hall–Kier alpha value is -3.53. The highest BCUT2D eigenvalue weighted by atomic mass is 16.5. The predicted molar refractivity (Wildman–Crippen MR) is 96.6 cm³/mol. The molecule has 0 aliphatic heterocycles. The van der Waals surface area contributed by atoms with E-state index in [0.29, 0.717) is 28.5 Å². The van der Waals surface area contributed by atoms with E-state index in [-0.39, 0.29) is 6.61 Å². The molecule has 0 fully saturated rings. The molecule has 0 atom stereocenters. The lowest BCUT2D eigenvalue weighted by Gasteiger charge is -2.10. The van der Waals surface area contributed by atoms with E-state index >= 15 is 0 Å². The van der Waals surface area contributed by atoms with E-state index in [1.165, 1.54) is 0 Å². The first-order valence-corrected chi connectivity index (χ1v) is 7.76. The molecule has 0 saturated heterocycles.